The standard InChI is InChI=1S/C14H20BrNO3/c1-3-5-6-10(4-2)9-19-13-12(14(17)18)7-11(15)8-16-13/h7-8,10H,3-6,9H2,1-2H3,(H,17,18). The summed E-state index contributed by atoms with van der Waals surface area (Å²) in [4.78, 5) is 15.2. The van der Waals surface area contributed by atoms with Crippen molar-refractivity contribution >= 4 is 21.9 Å². The highest BCUT2D eigenvalue weighted by molar-refractivity contribution is 9.10. The number of pyridine rings is 1. The molecule has 19 heavy (non-hydrogen) atoms. The maximum Gasteiger partial charge on any atom is 0.341 e. The highest BCUT2D eigenvalue weighted by atomic mass is 79.9. The number of unbranched alkanes of at least 4 members (excludes halogenated alkanes) is 1. The number of carboxylic acids is 1. The van der Waals surface area contributed by atoms with Gasteiger partial charge in [0, 0.05) is 10.7 Å². The van der Waals surface area contributed by atoms with Crippen LogP contribution in [0.15, 0.2) is 16.7 Å². The van der Waals surface area contributed by atoms with Crippen molar-refractivity contribution in [1.29, 1.82) is 0 Å². The molecule has 0 radical (unpaired) electrons. The number of carboxylic acid groups (broad SMARTS) is 1. The average molecular weight is 330 g/mol. The van der Waals surface area contributed by atoms with Crippen molar-refractivity contribution in [2.45, 2.75) is 39.5 Å². The molecule has 0 aliphatic rings. The smallest absolute Gasteiger partial charge is 0.341 e. The molecule has 0 aliphatic carbocycles. The molecule has 1 N–H and O–H groups in total. The summed E-state index contributed by atoms with van der Waals surface area (Å²) in [6.45, 7) is 4.80. The Hall–Kier alpha value is -1.10. The van der Waals surface area contributed by atoms with Crippen LogP contribution in [-0.2, 0) is 0 Å². The molecule has 5 heteroatoms. The second-order valence-electron chi connectivity index (χ2n) is 4.54. The van der Waals surface area contributed by atoms with E-state index in [0.717, 1.165) is 19.3 Å². The molecule has 1 rings (SSSR count). The molecule has 0 bridgehead atoms. The van der Waals surface area contributed by atoms with Gasteiger partial charge >= 0.3 is 5.97 Å². The zero-order valence-electron chi connectivity index (χ0n) is 11.4. The number of aromatic carboxylic acids is 1. The van der Waals surface area contributed by atoms with Gasteiger partial charge in [-0.3, -0.25) is 0 Å². The third-order valence-electron chi connectivity index (χ3n) is 3.05. The molecule has 0 spiro atoms. The van der Waals surface area contributed by atoms with E-state index in [4.69, 9.17) is 9.84 Å². The molecule has 0 aliphatic heterocycles. The van der Waals surface area contributed by atoms with Crippen molar-refractivity contribution in [2.75, 3.05) is 6.61 Å². The van der Waals surface area contributed by atoms with Crippen LogP contribution in [0.5, 0.6) is 5.88 Å². The lowest BCUT2D eigenvalue weighted by Crippen LogP contribution is -2.14. The third-order valence-corrected chi connectivity index (χ3v) is 3.48. The molecule has 1 heterocycles. The lowest BCUT2D eigenvalue weighted by atomic mass is 10.0. The van der Waals surface area contributed by atoms with Crippen molar-refractivity contribution < 1.29 is 14.6 Å². The molecule has 1 aromatic heterocycles. The van der Waals surface area contributed by atoms with E-state index in [9.17, 15) is 4.79 Å². The van der Waals surface area contributed by atoms with Crippen LogP contribution < -0.4 is 4.74 Å². The fourth-order valence-corrected chi connectivity index (χ4v) is 2.12. The Kier molecular flexibility index (Phi) is 6.84. The van der Waals surface area contributed by atoms with Crippen LogP contribution in [0.25, 0.3) is 0 Å². The Labute approximate surface area is 122 Å². The first kappa shape index (κ1) is 16.0. The lowest BCUT2D eigenvalue weighted by Gasteiger charge is -2.15. The molecule has 0 fully saturated rings. The number of carbonyl (C=O) groups is 1. The average Bonchev–Trinajstić information content (AvgIpc) is 2.40. The molecular weight excluding hydrogens is 310 g/mol. The highest BCUT2D eigenvalue weighted by Gasteiger charge is 2.15. The van der Waals surface area contributed by atoms with E-state index in [1.807, 2.05) is 0 Å². The maximum absolute atomic E-state index is 11.1. The molecule has 1 atom stereocenters. The zero-order valence-corrected chi connectivity index (χ0v) is 12.9. The number of aromatic nitrogens is 1. The molecular formula is C14H20BrNO3. The molecule has 4 nitrogen and oxygen atoms in total. The van der Waals surface area contributed by atoms with E-state index >= 15 is 0 Å². The predicted octanol–water partition coefficient (Wildman–Crippen LogP) is 4.14. The summed E-state index contributed by atoms with van der Waals surface area (Å²) in [5.41, 5.74) is 0.0970. The summed E-state index contributed by atoms with van der Waals surface area (Å²) in [6.07, 6.45) is 6.01. The van der Waals surface area contributed by atoms with Gasteiger partial charge in [0.15, 0.2) is 0 Å². The van der Waals surface area contributed by atoms with Crippen molar-refractivity contribution in [3.63, 3.8) is 0 Å². The molecule has 1 aromatic rings. The normalized spacial score (nSPS) is 12.2. The number of hydrogen-bond donors (Lipinski definition) is 1. The van der Waals surface area contributed by atoms with Gasteiger partial charge in [-0.05, 0) is 34.3 Å². The van der Waals surface area contributed by atoms with Gasteiger partial charge in [-0.1, -0.05) is 33.1 Å². The molecule has 106 valence electrons. The largest absolute Gasteiger partial charge is 0.477 e. The summed E-state index contributed by atoms with van der Waals surface area (Å²) < 4.78 is 6.23. The van der Waals surface area contributed by atoms with E-state index in [2.05, 4.69) is 34.8 Å². The molecule has 1 unspecified atom stereocenters. The fourth-order valence-electron chi connectivity index (χ4n) is 1.79. The topological polar surface area (TPSA) is 59.4 Å². The van der Waals surface area contributed by atoms with Crippen LogP contribution in [0.4, 0.5) is 0 Å². The number of ether oxygens (including phenoxy) is 1. The highest BCUT2D eigenvalue weighted by Crippen LogP contribution is 2.22. The van der Waals surface area contributed by atoms with Crippen LogP contribution in [0.1, 0.15) is 49.9 Å². The van der Waals surface area contributed by atoms with Crippen molar-refractivity contribution in [2.24, 2.45) is 5.92 Å². The Morgan fingerprint density at radius 2 is 2.26 bits per heavy atom. The number of halogens is 1. The number of nitrogens with zero attached hydrogens (tertiary/aromatic N) is 1. The van der Waals surface area contributed by atoms with Crippen molar-refractivity contribution in [3.05, 3.63) is 22.3 Å². The summed E-state index contributed by atoms with van der Waals surface area (Å²) in [5, 5.41) is 9.11. The molecule has 0 saturated carbocycles. The lowest BCUT2D eigenvalue weighted by molar-refractivity contribution is 0.0689. The summed E-state index contributed by atoms with van der Waals surface area (Å²) in [7, 11) is 0. The van der Waals surface area contributed by atoms with Crippen LogP contribution in [0.3, 0.4) is 0 Å². The fraction of sp³-hybridized carbons (Fsp3) is 0.571. The van der Waals surface area contributed by atoms with Crippen LogP contribution in [0.2, 0.25) is 0 Å². The van der Waals surface area contributed by atoms with Gasteiger partial charge in [-0.15, -0.1) is 0 Å². The van der Waals surface area contributed by atoms with E-state index in [0.29, 0.717) is 17.0 Å². The van der Waals surface area contributed by atoms with E-state index < -0.39 is 5.97 Å². The minimum Gasteiger partial charge on any atom is -0.477 e. The second-order valence-corrected chi connectivity index (χ2v) is 5.45. The zero-order chi connectivity index (χ0) is 14.3. The van der Waals surface area contributed by atoms with Crippen molar-refractivity contribution in [1.82, 2.24) is 4.98 Å². The van der Waals surface area contributed by atoms with Gasteiger partial charge in [0.2, 0.25) is 5.88 Å². The molecule has 0 amide bonds. The first-order valence-electron chi connectivity index (χ1n) is 6.60. The third kappa shape index (κ3) is 5.19. The summed E-state index contributed by atoms with van der Waals surface area (Å²) in [5.74, 6) is -0.372. The van der Waals surface area contributed by atoms with Crippen LogP contribution in [0, 0.1) is 5.92 Å². The van der Waals surface area contributed by atoms with E-state index in [1.165, 1.54) is 12.5 Å². The van der Waals surface area contributed by atoms with Gasteiger partial charge in [0.25, 0.3) is 0 Å². The van der Waals surface area contributed by atoms with Gasteiger partial charge in [-0.2, -0.15) is 0 Å². The van der Waals surface area contributed by atoms with Crippen LogP contribution >= 0.6 is 15.9 Å². The van der Waals surface area contributed by atoms with Gasteiger partial charge in [0.1, 0.15) is 5.56 Å². The molecule has 0 aromatic carbocycles. The van der Waals surface area contributed by atoms with E-state index in [1.54, 1.807) is 6.20 Å². The predicted molar refractivity (Wildman–Crippen MR) is 77.7 cm³/mol. The Balaban J connectivity index is 2.68. The SMILES string of the molecule is CCCCC(CC)COc1ncc(Br)cc1C(=O)O. The minimum atomic E-state index is -1.02. The van der Waals surface area contributed by atoms with Gasteiger partial charge < -0.3 is 9.84 Å². The summed E-state index contributed by atoms with van der Waals surface area (Å²) in [6, 6.07) is 1.51. The first-order valence-corrected chi connectivity index (χ1v) is 7.39. The van der Waals surface area contributed by atoms with E-state index in [-0.39, 0.29) is 11.4 Å². The second kappa shape index (κ2) is 8.15. The van der Waals surface area contributed by atoms with Crippen molar-refractivity contribution in [3.8, 4) is 5.88 Å². The monoisotopic (exact) mass is 329 g/mol. The maximum atomic E-state index is 11.1. The first-order chi connectivity index (χ1) is 9.08. The Morgan fingerprint density at radius 3 is 2.84 bits per heavy atom. The number of rotatable bonds is 8. The molecule has 0 saturated heterocycles. The summed E-state index contributed by atoms with van der Waals surface area (Å²) >= 11 is 3.21. The Bertz CT molecular complexity index is 423. The minimum absolute atomic E-state index is 0.0970. The quantitative estimate of drug-likeness (QED) is 0.778. The van der Waals surface area contributed by atoms with Crippen LogP contribution in [-0.4, -0.2) is 22.7 Å². The number of hydrogen-bond acceptors (Lipinski definition) is 3. The Morgan fingerprint density at radius 1 is 1.53 bits per heavy atom. The van der Waals surface area contributed by atoms with Gasteiger partial charge in [-0.25, -0.2) is 9.78 Å². The van der Waals surface area contributed by atoms with Gasteiger partial charge in [0.05, 0.1) is 6.61 Å².